The van der Waals surface area contributed by atoms with Gasteiger partial charge in [-0.15, -0.1) is 0 Å². The molecule has 0 unspecified atom stereocenters. The highest BCUT2D eigenvalue weighted by atomic mass is 16.5. The maximum atomic E-state index is 12.1. The number of rotatable bonds is 4. The highest BCUT2D eigenvalue weighted by Crippen LogP contribution is 2.33. The van der Waals surface area contributed by atoms with Gasteiger partial charge < -0.3 is 9.84 Å². The van der Waals surface area contributed by atoms with Crippen LogP contribution in [0, 0.1) is 0 Å². The topological polar surface area (TPSA) is 46.5 Å². The Labute approximate surface area is 147 Å². The molecule has 0 aromatic heterocycles. The lowest BCUT2D eigenvalue weighted by Crippen LogP contribution is -2.18. The molecule has 3 aromatic rings. The number of benzene rings is 3. The second-order valence-electron chi connectivity index (χ2n) is 6.45. The van der Waals surface area contributed by atoms with E-state index in [1.165, 1.54) is 0 Å². The molecule has 0 amide bonds. The third-order valence-corrected chi connectivity index (χ3v) is 4.39. The van der Waals surface area contributed by atoms with Gasteiger partial charge >= 0.3 is 5.97 Å². The smallest absolute Gasteiger partial charge is 0.343 e. The molecule has 0 spiro atoms. The summed E-state index contributed by atoms with van der Waals surface area (Å²) in [5, 5.41) is 9.46. The summed E-state index contributed by atoms with van der Waals surface area (Å²) in [5.41, 5.74) is 2.49. The fourth-order valence-corrected chi connectivity index (χ4v) is 2.72. The molecular formula is C22H20O3. The maximum absolute atomic E-state index is 12.1. The molecule has 126 valence electrons. The Morgan fingerprint density at radius 1 is 0.800 bits per heavy atom. The van der Waals surface area contributed by atoms with Gasteiger partial charge in [-0.1, -0.05) is 56.3 Å². The number of carbonyl (C=O) groups excluding carboxylic acids is 1. The summed E-state index contributed by atoms with van der Waals surface area (Å²) in [5.74, 6) is 0.396. The molecule has 0 aliphatic rings. The molecular weight excluding hydrogens is 312 g/mol. The summed E-state index contributed by atoms with van der Waals surface area (Å²) >= 11 is 0. The van der Waals surface area contributed by atoms with Crippen LogP contribution in [0.15, 0.2) is 78.9 Å². The van der Waals surface area contributed by atoms with Crippen LogP contribution in [0.4, 0.5) is 0 Å². The molecule has 3 aromatic carbocycles. The van der Waals surface area contributed by atoms with Crippen LogP contribution in [0.2, 0.25) is 0 Å². The number of ether oxygens (including phenoxy) is 1. The molecule has 3 rings (SSSR count). The molecule has 0 radical (unpaired) electrons. The molecule has 0 fully saturated rings. The number of phenolic OH excluding ortho intramolecular Hbond substituents is 1. The lowest BCUT2D eigenvalue weighted by molar-refractivity contribution is 0.0734. The van der Waals surface area contributed by atoms with E-state index in [1.807, 2.05) is 30.3 Å². The minimum Gasteiger partial charge on any atom is -0.508 e. The van der Waals surface area contributed by atoms with Crippen molar-refractivity contribution < 1.29 is 14.6 Å². The quantitative estimate of drug-likeness (QED) is 0.544. The third-order valence-electron chi connectivity index (χ3n) is 4.39. The normalized spacial score (nSPS) is 11.1. The summed E-state index contributed by atoms with van der Waals surface area (Å²) < 4.78 is 5.42. The van der Waals surface area contributed by atoms with Crippen molar-refractivity contribution in [2.75, 3.05) is 0 Å². The maximum Gasteiger partial charge on any atom is 0.343 e. The average molecular weight is 332 g/mol. The van der Waals surface area contributed by atoms with E-state index in [0.717, 1.165) is 11.1 Å². The van der Waals surface area contributed by atoms with Crippen LogP contribution < -0.4 is 4.74 Å². The third kappa shape index (κ3) is 3.72. The molecule has 0 bridgehead atoms. The Balaban J connectivity index is 1.77. The number of phenols is 1. The lowest BCUT2D eigenvalue weighted by atomic mass is 9.78. The number of hydrogen-bond acceptors (Lipinski definition) is 3. The van der Waals surface area contributed by atoms with Crippen molar-refractivity contribution >= 4 is 5.97 Å². The Morgan fingerprint density at radius 2 is 1.32 bits per heavy atom. The molecule has 3 nitrogen and oxygen atoms in total. The van der Waals surface area contributed by atoms with Crippen molar-refractivity contribution in [1.82, 2.24) is 0 Å². The van der Waals surface area contributed by atoms with Crippen molar-refractivity contribution in [1.29, 1.82) is 0 Å². The van der Waals surface area contributed by atoms with Gasteiger partial charge in [0.1, 0.15) is 11.5 Å². The first-order valence-electron chi connectivity index (χ1n) is 8.14. The first-order chi connectivity index (χ1) is 12.0. The zero-order chi connectivity index (χ0) is 17.9. The van der Waals surface area contributed by atoms with Gasteiger partial charge in [0.05, 0.1) is 5.56 Å². The Kier molecular flexibility index (Phi) is 4.57. The zero-order valence-corrected chi connectivity index (χ0v) is 14.3. The van der Waals surface area contributed by atoms with Crippen LogP contribution in [0.25, 0.3) is 0 Å². The second kappa shape index (κ2) is 6.81. The van der Waals surface area contributed by atoms with Crippen molar-refractivity contribution in [3.05, 3.63) is 95.6 Å². The first-order valence-corrected chi connectivity index (χ1v) is 8.14. The number of carbonyl (C=O) groups is 1. The molecule has 0 atom stereocenters. The summed E-state index contributed by atoms with van der Waals surface area (Å²) in [6.45, 7) is 4.23. The number of esters is 1. The molecule has 0 heterocycles. The summed E-state index contributed by atoms with van der Waals surface area (Å²) in [4.78, 5) is 12.1. The van der Waals surface area contributed by atoms with Crippen LogP contribution in [0.3, 0.4) is 0 Å². The molecule has 0 aliphatic carbocycles. The van der Waals surface area contributed by atoms with Crippen molar-refractivity contribution in [3.63, 3.8) is 0 Å². The van der Waals surface area contributed by atoms with Crippen LogP contribution in [0.5, 0.6) is 11.5 Å². The predicted octanol–water partition coefficient (Wildman–Crippen LogP) is 4.94. The van der Waals surface area contributed by atoms with Crippen LogP contribution in [-0.2, 0) is 5.41 Å². The van der Waals surface area contributed by atoms with E-state index in [1.54, 1.807) is 48.5 Å². The lowest BCUT2D eigenvalue weighted by Gasteiger charge is -2.26. The summed E-state index contributed by atoms with van der Waals surface area (Å²) in [6.07, 6.45) is 0. The van der Waals surface area contributed by atoms with Gasteiger partial charge in [0.15, 0.2) is 0 Å². The van der Waals surface area contributed by atoms with Crippen molar-refractivity contribution in [3.8, 4) is 11.5 Å². The van der Waals surface area contributed by atoms with Crippen molar-refractivity contribution in [2.24, 2.45) is 0 Å². The van der Waals surface area contributed by atoms with Crippen LogP contribution in [-0.4, -0.2) is 11.1 Å². The van der Waals surface area contributed by atoms with E-state index < -0.39 is 0 Å². The molecule has 1 N–H and O–H groups in total. The standard InChI is InChI=1S/C22H20O3/c1-22(2,17-8-12-19(23)13-9-17)18-10-14-20(15-11-18)25-21(24)16-6-4-3-5-7-16/h3-15,23H,1-2H3. The van der Waals surface area contributed by atoms with Gasteiger partial charge in [-0.3, -0.25) is 0 Å². The average Bonchev–Trinajstić information content (AvgIpc) is 2.63. The van der Waals surface area contributed by atoms with E-state index in [-0.39, 0.29) is 17.1 Å². The SMILES string of the molecule is CC(C)(c1ccc(O)cc1)c1ccc(OC(=O)c2ccccc2)cc1. The van der Waals surface area contributed by atoms with Gasteiger partial charge in [0.2, 0.25) is 0 Å². The van der Waals surface area contributed by atoms with Crippen molar-refractivity contribution in [2.45, 2.75) is 19.3 Å². The summed E-state index contributed by atoms with van der Waals surface area (Å²) in [7, 11) is 0. The minimum atomic E-state index is -0.369. The van der Waals surface area contributed by atoms with Crippen LogP contribution >= 0.6 is 0 Å². The molecule has 0 saturated heterocycles. The number of hydrogen-bond donors (Lipinski definition) is 1. The number of aromatic hydroxyl groups is 1. The minimum absolute atomic E-state index is 0.227. The highest BCUT2D eigenvalue weighted by Gasteiger charge is 2.23. The zero-order valence-electron chi connectivity index (χ0n) is 14.3. The summed E-state index contributed by atoms with van der Waals surface area (Å²) in [6, 6.07) is 23.7. The largest absolute Gasteiger partial charge is 0.508 e. The van der Waals surface area contributed by atoms with E-state index in [0.29, 0.717) is 11.3 Å². The van der Waals surface area contributed by atoms with Gasteiger partial charge in [0.25, 0.3) is 0 Å². The molecule has 0 saturated carbocycles. The highest BCUT2D eigenvalue weighted by molar-refractivity contribution is 5.90. The van der Waals surface area contributed by atoms with Gasteiger partial charge in [0, 0.05) is 5.41 Å². The second-order valence-corrected chi connectivity index (χ2v) is 6.45. The monoisotopic (exact) mass is 332 g/mol. The van der Waals surface area contributed by atoms with Gasteiger partial charge in [-0.25, -0.2) is 4.79 Å². The van der Waals surface area contributed by atoms with E-state index in [9.17, 15) is 9.90 Å². The fourth-order valence-electron chi connectivity index (χ4n) is 2.72. The molecule has 0 aliphatic heterocycles. The Bertz CT molecular complexity index is 848. The van der Waals surface area contributed by atoms with E-state index in [4.69, 9.17) is 4.74 Å². The van der Waals surface area contributed by atoms with Crippen LogP contribution in [0.1, 0.15) is 35.3 Å². The van der Waals surface area contributed by atoms with E-state index >= 15 is 0 Å². The van der Waals surface area contributed by atoms with Gasteiger partial charge in [-0.2, -0.15) is 0 Å². The predicted molar refractivity (Wildman–Crippen MR) is 98.1 cm³/mol. The van der Waals surface area contributed by atoms with Gasteiger partial charge in [-0.05, 0) is 47.5 Å². The fraction of sp³-hybridized carbons (Fsp3) is 0.136. The molecule has 25 heavy (non-hydrogen) atoms. The first kappa shape index (κ1) is 16.8. The van der Waals surface area contributed by atoms with E-state index in [2.05, 4.69) is 13.8 Å². The molecule has 3 heteroatoms. The Hall–Kier alpha value is -3.07. The Morgan fingerprint density at radius 3 is 1.88 bits per heavy atom.